The first-order valence-corrected chi connectivity index (χ1v) is 7.82. The lowest BCUT2D eigenvalue weighted by atomic mass is 9.91. The van der Waals surface area contributed by atoms with E-state index in [1.807, 2.05) is 18.2 Å². The second kappa shape index (κ2) is 7.77. The molecule has 1 aliphatic carbocycles. The number of benzene rings is 1. The largest absolute Gasteiger partial charge is 0.394 e. The summed E-state index contributed by atoms with van der Waals surface area (Å²) in [7, 11) is 0. The van der Waals surface area contributed by atoms with Crippen molar-refractivity contribution in [3.05, 3.63) is 35.9 Å². The summed E-state index contributed by atoms with van der Waals surface area (Å²) in [6.07, 6.45) is 5.89. The number of hydrogen-bond donors (Lipinski definition) is 2. The highest BCUT2D eigenvalue weighted by Gasteiger charge is 2.37. The van der Waals surface area contributed by atoms with Crippen LogP contribution < -0.4 is 5.32 Å². The minimum absolute atomic E-state index is 0.0707. The van der Waals surface area contributed by atoms with E-state index in [0.717, 1.165) is 18.6 Å². The van der Waals surface area contributed by atoms with Crippen molar-refractivity contribution in [2.75, 3.05) is 19.8 Å². The number of unbranched alkanes of at least 4 members (excludes halogenated alkanes) is 2. The summed E-state index contributed by atoms with van der Waals surface area (Å²) >= 11 is 0. The van der Waals surface area contributed by atoms with Crippen LogP contribution >= 0.6 is 0 Å². The van der Waals surface area contributed by atoms with Crippen molar-refractivity contribution >= 4 is 0 Å². The number of nitrogens with one attached hydrogen (secondary N) is 1. The van der Waals surface area contributed by atoms with Crippen LogP contribution in [0.1, 0.15) is 44.6 Å². The van der Waals surface area contributed by atoms with Gasteiger partial charge in [0, 0.05) is 12.6 Å². The van der Waals surface area contributed by atoms with Crippen LogP contribution in [0.5, 0.6) is 0 Å². The molecule has 0 aromatic heterocycles. The molecule has 0 saturated heterocycles. The monoisotopic (exact) mass is 277 g/mol. The molecule has 1 unspecified atom stereocenters. The lowest BCUT2D eigenvalue weighted by Crippen LogP contribution is -2.50. The average Bonchev–Trinajstić information content (AvgIpc) is 3.30. The molecular formula is C17H27NO2. The van der Waals surface area contributed by atoms with Gasteiger partial charge in [-0.2, -0.15) is 0 Å². The van der Waals surface area contributed by atoms with Gasteiger partial charge < -0.3 is 15.2 Å². The molecule has 1 saturated carbocycles. The second-order valence-corrected chi connectivity index (χ2v) is 5.78. The third kappa shape index (κ3) is 4.30. The van der Waals surface area contributed by atoms with E-state index in [9.17, 15) is 5.11 Å². The number of aliphatic hydroxyl groups is 1. The van der Waals surface area contributed by atoms with Gasteiger partial charge in [-0.1, -0.05) is 50.1 Å². The summed E-state index contributed by atoms with van der Waals surface area (Å²) in [6, 6.07) is 10.7. The van der Waals surface area contributed by atoms with Crippen LogP contribution in [0.3, 0.4) is 0 Å². The van der Waals surface area contributed by atoms with Gasteiger partial charge in [0.25, 0.3) is 0 Å². The molecule has 0 radical (unpaired) electrons. The van der Waals surface area contributed by atoms with Crippen LogP contribution in [-0.2, 0) is 10.3 Å². The van der Waals surface area contributed by atoms with Crippen LogP contribution in [0.2, 0.25) is 0 Å². The van der Waals surface area contributed by atoms with Crippen LogP contribution in [0.15, 0.2) is 30.3 Å². The summed E-state index contributed by atoms with van der Waals surface area (Å²) in [5.74, 6) is 0. The molecule has 0 aliphatic heterocycles. The molecule has 112 valence electrons. The molecule has 0 spiro atoms. The molecule has 2 rings (SSSR count). The number of rotatable bonds is 10. The van der Waals surface area contributed by atoms with E-state index in [1.165, 1.54) is 25.7 Å². The molecule has 1 fully saturated rings. The van der Waals surface area contributed by atoms with Gasteiger partial charge >= 0.3 is 0 Å². The predicted octanol–water partition coefficient (Wildman–Crippen LogP) is 2.83. The maximum absolute atomic E-state index is 9.97. The minimum Gasteiger partial charge on any atom is -0.394 e. The number of hydrogen-bond acceptors (Lipinski definition) is 3. The predicted molar refractivity (Wildman–Crippen MR) is 81.7 cm³/mol. The Morgan fingerprint density at radius 1 is 1.25 bits per heavy atom. The van der Waals surface area contributed by atoms with Crippen LogP contribution in [-0.4, -0.2) is 31.0 Å². The Kier molecular flexibility index (Phi) is 6.02. The Labute approximate surface area is 122 Å². The van der Waals surface area contributed by atoms with E-state index >= 15 is 0 Å². The Hall–Kier alpha value is -0.900. The molecule has 3 heteroatoms. The summed E-state index contributed by atoms with van der Waals surface area (Å²) in [5.41, 5.74) is 0.666. The van der Waals surface area contributed by atoms with Crippen molar-refractivity contribution in [2.24, 2.45) is 0 Å². The Bertz CT molecular complexity index is 378. The maximum Gasteiger partial charge on any atom is 0.0908 e. The zero-order chi connectivity index (χ0) is 14.3. The molecule has 3 nitrogen and oxygen atoms in total. The van der Waals surface area contributed by atoms with E-state index < -0.39 is 5.54 Å². The third-order valence-electron chi connectivity index (χ3n) is 3.89. The third-order valence-corrected chi connectivity index (χ3v) is 3.89. The van der Waals surface area contributed by atoms with Crippen LogP contribution in [0.4, 0.5) is 0 Å². The maximum atomic E-state index is 9.97. The Morgan fingerprint density at radius 2 is 2.00 bits per heavy atom. The molecule has 20 heavy (non-hydrogen) atoms. The molecule has 0 amide bonds. The van der Waals surface area contributed by atoms with Gasteiger partial charge in [0.1, 0.15) is 0 Å². The Morgan fingerprint density at radius 3 is 2.60 bits per heavy atom. The minimum atomic E-state index is -0.450. The fraction of sp³-hybridized carbons (Fsp3) is 0.647. The van der Waals surface area contributed by atoms with E-state index in [0.29, 0.717) is 12.6 Å². The zero-order valence-corrected chi connectivity index (χ0v) is 12.5. The first-order chi connectivity index (χ1) is 9.80. The van der Waals surface area contributed by atoms with Crippen LogP contribution in [0.25, 0.3) is 0 Å². The van der Waals surface area contributed by atoms with Crippen molar-refractivity contribution in [3.63, 3.8) is 0 Å². The molecule has 0 bridgehead atoms. The average molecular weight is 277 g/mol. The molecule has 1 atom stereocenters. The number of ether oxygens (including phenoxy) is 1. The van der Waals surface area contributed by atoms with Gasteiger partial charge in [-0.25, -0.2) is 0 Å². The fourth-order valence-electron chi connectivity index (χ4n) is 2.47. The van der Waals surface area contributed by atoms with Crippen molar-refractivity contribution in [1.82, 2.24) is 5.32 Å². The van der Waals surface area contributed by atoms with E-state index in [4.69, 9.17) is 4.74 Å². The van der Waals surface area contributed by atoms with Crippen molar-refractivity contribution in [3.8, 4) is 0 Å². The summed E-state index contributed by atoms with van der Waals surface area (Å²) < 4.78 is 5.85. The highest BCUT2D eigenvalue weighted by Crippen LogP contribution is 2.29. The van der Waals surface area contributed by atoms with E-state index in [2.05, 4.69) is 24.4 Å². The van der Waals surface area contributed by atoms with Gasteiger partial charge in [-0.3, -0.25) is 0 Å². The van der Waals surface area contributed by atoms with Crippen molar-refractivity contribution < 1.29 is 9.84 Å². The molecule has 0 heterocycles. The first-order valence-electron chi connectivity index (χ1n) is 7.82. The van der Waals surface area contributed by atoms with Crippen molar-refractivity contribution in [2.45, 2.75) is 50.6 Å². The van der Waals surface area contributed by atoms with Gasteiger partial charge in [-0.15, -0.1) is 0 Å². The first kappa shape index (κ1) is 15.5. The molecule has 1 aromatic carbocycles. The van der Waals surface area contributed by atoms with E-state index in [1.54, 1.807) is 0 Å². The van der Waals surface area contributed by atoms with Gasteiger partial charge in [-0.05, 0) is 24.8 Å². The van der Waals surface area contributed by atoms with Gasteiger partial charge in [0.05, 0.1) is 18.8 Å². The second-order valence-electron chi connectivity index (χ2n) is 5.78. The van der Waals surface area contributed by atoms with E-state index in [-0.39, 0.29) is 6.61 Å². The lowest BCUT2D eigenvalue weighted by molar-refractivity contribution is 0.0307. The molecule has 2 N–H and O–H groups in total. The fourth-order valence-corrected chi connectivity index (χ4v) is 2.47. The zero-order valence-electron chi connectivity index (χ0n) is 12.5. The highest BCUT2D eigenvalue weighted by molar-refractivity contribution is 5.25. The smallest absolute Gasteiger partial charge is 0.0908 e. The quantitative estimate of drug-likeness (QED) is 0.646. The summed E-state index contributed by atoms with van der Waals surface area (Å²) in [6.45, 7) is 3.57. The van der Waals surface area contributed by atoms with Crippen molar-refractivity contribution in [1.29, 1.82) is 0 Å². The van der Waals surface area contributed by atoms with Crippen LogP contribution in [0, 0.1) is 0 Å². The van der Waals surface area contributed by atoms with Gasteiger partial charge in [0.15, 0.2) is 0 Å². The highest BCUT2D eigenvalue weighted by atomic mass is 16.5. The molecule has 1 aromatic rings. The SMILES string of the molecule is CCCCCOCC(CO)(NC1CC1)c1ccccc1. The number of aliphatic hydroxyl groups excluding tert-OH is 1. The lowest BCUT2D eigenvalue weighted by Gasteiger charge is -2.33. The topological polar surface area (TPSA) is 41.5 Å². The molecular weight excluding hydrogens is 250 g/mol. The summed E-state index contributed by atoms with van der Waals surface area (Å²) in [4.78, 5) is 0. The Balaban J connectivity index is 1.98. The molecule has 1 aliphatic rings. The normalized spacial score (nSPS) is 17.9. The standard InChI is InChI=1S/C17H27NO2/c1-2-3-7-12-20-14-17(13-19,18-16-10-11-16)15-8-5-4-6-9-15/h4-6,8-9,16,18-19H,2-3,7,10-14H2,1H3. The summed E-state index contributed by atoms with van der Waals surface area (Å²) in [5, 5.41) is 13.6. The van der Waals surface area contributed by atoms with Gasteiger partial charge in [0.2, 0.25) is 0 Å².